The van der Waals surface area contributed by atoms with Gasteiger partial charge in [-0.15, -0.1) is 5.10 Å². The Morgan fingerprint density at radius 2 is 1.72 bits per heavy atom. The first-order chi connectivity index (χ1) is 22.4. The number of nitrogens with one attached hydrogen (secondary N) is 2. The van der Waals surface area contributed by atoms with Crippen molar-refractivity contribution in [1.82, 2.24) is 20.2 Å². The third-order valence-corrected chi connectivity index (χ3v) is 8.72. The highest BCUT2D eigenvalue weighted by molar-refractivity contribution is 7.99. The van der Waals surface area contributed by atoms with Gasteiger partial charge >= 0.3 is 0 Å². The Bertz CT molecular complexity index is 1600. The largest absolute Gasteiger partial charge is 0.397 e. The molecule has 0 saturated carbocycles. The fourth-order valence-corrected chi connectivity index (χ4v) is 5.96. The van der Waals surface area contributed by atoms with Gasteiger partial charge in [0.25, 0.3) is 0 Å². The molecule has 12 nitrogen and oxygen atoms in total. The van der Waals surface area contributed by atoms with Crippen LogP contribution in [0.2, 0.25) is 0 Å². The normalized spacial score (nSPS) is 17.8. The minimum absolute atomic E-state index is 0.0249. The second kappa shape index (κ2) is 16.3. The molecule has 5 rings (SSSR count). The number of tetrazole rings is 1. The predicted octanol–water partition coefficient (Wildman–Crippen LogP) is 5.15. The number of thioether (sulfide) groups is 1. The monoisotopic (exact) mass is 645 g/mol. The van der Waals surface area contributed by atoms with Gasteiger partial charge in [-0.1, -0.05) is 66.7 Å². The number of carbonyl (C=O) groups is 2. The van der Waals surface area contributed by atoms with Crippen LogP contribution in [0.1, 0.15) is 67.6 Å². The number of nitrogens with zero attached hydrogens (tertiary/aromatic N) is 4. The summed E-state index contributed by atoms with van der Waals surface area (Å²) in [5.41, 5.74) is 10.3. The predicted molar refractivity (Wildman–Crippen MR) is 176 cm³/mol. The molecule has 2 heterocycles. The molecule has 1 aliphatic heterocycles. The molecule has 0 bridgehead atoms. The molecule has 0 radical (unpaired) electrons. The van der Waals surface area contributed by atoms with Crippen LogP contribution in [-0.2, 0) is 32.7 Å². The van der Waals surface area contributed by atoms with Crippen molar-refractivity contribution >= 4 is 40.6 Å². The number of aryl methyl sites for hydroxylation is 1. The Hall–Kier alpha value is -4.30. The van der Waals surface area contributed by atoms with Crippen molar-refractivity contribution in [3.63, 3.8) is 0 Å². The molecule has 3 atom stereocenters. The first kappa shape index (κ1) is 33.1. The summed E-state index contributed by atoms with van der Waals surface area (Å²) in [7, 11) is 1.80. The van der Waals surface area contributed by atoms with Crippen molar-refractivity contribution < 1.29 is 24.2 Å². The maximum Gasteiger partial charge on any atom is 0.224 e. The lowest BCUT2D eigenvalue weighted by molar-refractivity contribution is -0.245. The zero-order valence-electron chi connectivity index (χ0n) is 25.7. The molecule has 1 aliphatic rings. The van der Waals surface area contributed by atoms with Gasteiger partial charge in [0.1, 0.15) is 0 Å². The second-order valence-corrected chi connectivity index (χ2v) is 12.1. The van der Waals surface area contributed by atoms with E-state index in [9.17, 15) is 14.7 Å². The topological polar surface area (TPSA) is 167 Å². The highest BCUT2D eigenvalue weighted by Gasteiger charge is 2.32. The molecule has 1 saturated heterocycles. The molecule has 242 valence electrons. The number of benzene rings is 3. The molecule has 0 spiro atoms. The van der Waals surface area contributed by atoms with E-state index in [0.717, 1.165) is 23.1 Å². The summed E-state index contributed by atoms with van der Waals surface area (Å²) in [5.74, 6) is 0.428. The quantitative estimate of drug-likeness (QED) is 0.0818. The number of rotatable bonds is 14. The highest BCUT2D eigenvalue weighted by Crippen LogP contribution is 2.39. The van der Waals surface area contributed by atoms with Crippen molar-refractivity contribution in [3.05, 3.63) is 89.5 Å². The van der Waals surface area contributed by atoms with Crippen LogP contribution >= 0.6 is 11.8 Å². The fraction of sp³-hybridized carbons (Fsp3) is 0.364. The first-order valence-corrected chi connectivity index (χ1v) is 16.3. The molecule has 0 aliphatic carbocycles. The minimum atomic E-state index is -0.659. The Labute approximate surface area is 272 Å². The summed E-state index contributed by atoms with van der Waals surface area (Å²) in [6.45, 7) is -0.0249. The average molecular weight is 646 g/mol. The molecule has 4 aromatic rings. The molecule has 2 amide bonds. The fourth-order valence-electron chi connectivity index (χ4n) is 5.09. The van der Waals surface area contributed by atoms with E-state index in [4.69, 9.17) is 15.2 Å². The van der Waals surface area contributed by atoms with Crippen molar-refractivity contribution in [1.29, 1.82) is 0 Å². The number of anilines is 3. The van der Waals surface area contributed by atoms with Gasteiger partial charge in [-0.3, -0.25) is 9.59 Å². The van der Waals surface area contributed by atoms with Gasteiger partial charge in [0.15, 0.2) is 6.29 Å². The average Bonchev–Trinajstić information content (AvgIpc) is 3.49. The van der Waals surface area contributed by atoms with Gasteiger partial charge in [0, 0.05) is 43.3 Å². The maximum atomic E-state index is 12.7. The van der Waals surface area contributed by atoms with E-state index in [1.807, 2.05) is 60.7 Å². The Morgan fingerprint density at radius 1 is 0.957 bits per heavy atom. The van der Waals surface area contributed by atoms with Gasteiger partial charge < -0.3 is 30.9 Å². The van der Waals surface area contributed by atoms with Gasteiger partial charge in [-0.05, 0) is 58.7 Å². The Kier molecular flexibility index (Phi) is 11.7. The number of hydrogen-bond donors (Lipinski definition) is 4. The molecule has 1 aromatic heterocycles. The van der Waals surface area contributed by atoms with Crippen molar-refractivity contribution in [2.75, 3.05) is 22.1 Å². The zero-order valence-corrected chi connectivity index (χ0v) is 26.5. The summed E-state index contributed by atoms with van der Waals surface area (Å²) in [6.07, 6.45) is 2.37. The highest BCUT2D eigenvalue weighted by atomic mass is 32.2. The summed E-state index contributed by atoms with van der Waals surface area (Å²) < 4.78 is 14.5. The first-order valence-electron chi connectivity index (χ1n) is 15.3. The Morgan fingerprint density at radius 3 is 2.43 bits per heavy atom. The molecular formula is C33H39N7O5S. The third-order valence-electron chi connectivity index (χ3n) is 7.58. The summed E-state index contributed by atoms with van der Waals surface area (Å²) in [5, 5.41) is 27.6. The van der Waals surface area contributed by atoms with Gasteiger partial charge in [0.2, 0.25) is 17.0 Å². The number of para-hydroxylation sites is 2. The number of unbranched alkanes of at least 4 members (excludes halogenated alkanes) is 2. The van der Waals surface area contributed by atoms with Crippen LogP contribution in [0.25, 0.3) is 0 Å². The molecule has 5 N–H and O–H groups in total. The van der Waals surface area contributed by atoms with E-state index in [2.05, 4.69) is 26.2 Å². The summed E-state index contributed by atoms with van der Waals surface area (Å²) in [6, 6.07) is 22.4. The van der Waals surface area contributed by atoms with E-state index in [0.29, 0.717) is 60.1 Å². The van der Waals surface area contributed by atoms with Crippen LogP contribution in [0.4, 0.5) is 17.1 Å². The van der Waals surface area contributed by atoms with E-state index in [1.165, 1.54) is 11.8 Å². The van der Waals surface area contributed by atoms with Crippen LogP contribution in [0.3, 0.4) is 0 Å². The van der Waals surface area contributed by atoms with Gasteiger partial charge in [-0.2, -0.15) is 0 Å². The van der Waals surface area contributed by atoms with Crippen LogP contribution in [-0.4, -0.2) is 49.0 Å². The number of nitrogen functional groups attached to an aromatic ring is 1. The van der Waals surface area contributed by atoms with E-state index < -0.39 is 6.29 Å². The van der Waals surface area contributed by atoms with E-state index in [1.54, 1.807) is 23.9 Å². The SMILES string of the molecule is Cn1nnnc1SCC1CC(c2ccc(CO)cc2)OC(c2cccc(NC(=O)CCCCCC(=O)Nc3ccccc3N)c2)O1. The maximum absolute atomic E-state index is 12.7. The molecular weight excluding hydrogens is 606 g/mol. The van der Waals surface area contributed by atoms with Crippen molar-refractivity contribution in [2.24, 2.45) is 7.05 Å². The smallest absolute Gasteiger partial charge is 0.224 e. The van der Waals surface area contributed by atoms with Crippen LogP contribution in [0.15, 0.2) is 78.0 Å². The lowest BCUT2D eigenvalue weighted by Gasteiger charge is -2.36. The summed E-state index contributed by atoms with van der Waals surface area (Å²) >= 11 is 1.51. The lowest BCUT2D eigenvalue weighted by Crippen LogP contribution is -2.31. The molecule has 3 unspecified atom stereocenters. The number of aromatic nitrogens is 4. The van der Waals surface area contributed by atoms with Crippen LogP contribution < -0.4 is 16.4 Å². The van der Waals surface area contributed by atoms with Crippen molar-refractivity contribution in [3.8, 4) is 0 Å². The number of hydrogen-bond acceptors (Lipinski definition) is 10. The molecule has 13 heteroatoms. The number of ether oxygens (including phenoxy) is 2. The Balaban J connectivity index is 1.14. The van der Waals surface area contributed by atoms with Crippen molar-refractivity contribution in [2.45, 2.75) is 68.8 Å². The summed E-state index contributed by atoms with van der Waals surface area (Å²) in [4.78, 5) is 25.0. The number of aliphatic hydroxyl groups is 1. The number of nitrogens with two attached hydrogens (primary N) is 1. The van der Waals surface area contributed by atoms with Gasteiger partial charge in [0.05, 0.1) is 30.2 Å². The number of aliphatic hydroxyl groups excluding tert-OH is 1. The third kappa shape index (κ3) is 9.36. The molecule has 1 fully saturated rings. The standard InChI is InChI=1S/C33H39N7O5S/c1-40-33(37-38-39-40)46-21-26-19-29(23-16-14-22(20-41)15-17-23)45-32(44-26)24-8-7-9-25(18-24)35-30(42)12-3-2-4-13-31(43)36-28-11-6-5-10-27(28)34/h5-11,14-18,26,29,32,41H,2-4,12-13,19-21,34H2,1H3,(H,35,42)(H,36,43). The molecule has 3 aromatic carbocycles. The molecule has 46 heavy (non-hydrogen) atoms. The lowest BCUT2D eigenvalue weighted by atomic mass is 10.0. The van der Waals surface area contributed by atoms with E-state index in [-0.39, 0.29) is 30.6 Å². The number of carbonyl (C=O) groups excluding carboxylic acids is 2. The minimum Gasteiger partial charge on any atom is -0.397 e. The van der Waals surface area contributed by atoms with Crippen LogP contribution in [0.5, 0.6) is 0 Å². The van der Waals surface area contributed by atoms with E-state index >= 15 is 0 Å². The van der Waals surface area contributed by atoms with Gasteiger partial charge in [-0.25, -0.2) is 4.68 Å². The van der Waals surface area contributed by atoms with Crippen LogP contribution in [0, 0.1) is 0 Å². The zero-order chi connectivity index (χ0) is 32.3. The second-order valence-electron chi connectivity index (χ2n) is 11.1. The number of amides is 2.